The van der Waals surface area contributed by atoms with Gasteiger partial charge in [0.2, 0.25) is 17.7 Å². The predicted octanol–water partition coefficient (Wildman–Crippen LogP) is 1.28. The van der Waals surface area contributed by atoms with E-state index in [0.717, 1.165) is 10.5 Å². The molecule has 2 rings (SSSR count). The summed E-state index contributed by atoms with van der Waals surface area (Å²) >= 11 is 0. The lowest BCUT2D eigenvalue weighted by atomic mass is 9.87. The van der Waals surface area contributed by atoms with E-state index in [0.29, 0.717) is 5.56 Å². The molecule has 1 aliphatic rings. The van der Waals surface area contributed by atoms with Gasteiger partial charge in [-0.2, -0.15) is 0 Å². The van der Waals surface area contributed by atoms with Gasteiger partial charge in [-0.05, 0) is 23.1 Å². The first-order valence-electron chi connectivity index (χ1n) is 8.21. The van der Waals surface area contributed by atoms with Gasteiger partial charge in [0.15, 0.2) is 0 Å². The smallest absolute Gasteiger partial charge is 0.269 e. The molecular formula is C18H23N3O4. The Morgan fingerprint density at radius 1 is 1.00 bits per heavy atom. The lowest BCUT2D eigenvalue weighted by Crippen LogP contribution is -2.43. The van der Waals surface area contributed by atoms with Crippen molar-refractivity contribution in [2.75, 3.05) is 6.54 Å². The maximum absolute atomic E-state index is 12.0. The van der Waals surface area contributed by atoms with Crippen LogP contribution >= 0.6 is 0 Å². The van der Waals surface area contributed by atoms with Crippen molar-refractivity contribution >= 4 is 23.6 Å². The Morgan fingerprint density at radius 3 is 2.08 bits per heavy atom. The van der Waals surface area contributed by atoms with Crippen molar-refractivity contribution in [2.24, 2.45) is 0 Å². The van der Waals surface area contributed by atoms with Crippen molar-refractivity contribution in [3.05, 3.63) is 35.4 Å². The van der Waals surface area contributed by atoms with Gasteiger partial charge in [0.1, 0.15) is 0 Å². The fourth-order valence-corrected chi connectivity index (χ4v) is 2.47. The third-order valence-electron chi connectivity index (χ3n) is 4.05. The topological polar surface area (TPSA) is 95.6 Å². The molecule has 1 heterocycles. The second-order valence-electron chi connectivity index (χ2n) is 7.02. The highest BCUT2D eigenvalue weighted by atomic mass is 16.2. The number of carbonyl (C=O) groups is 4. The van der Waals surface area contributed by atoms with E-state index in [4.69, 9.17) is 0 Å². The summed E-state index contributed by atoms with van der Waals surface area (Å²) in [7, 11) is 0. The number of hydrogen-bond donors (Lipinski definition) is 2. The molecule has 25 heavy (non-hydrogen) atoms. The number of nitrogens with zero attached hydrogens (tertiary/aromatic N) is 1. The zero-order valence-electron chi connectivity index (χ0n) is 14.7. The number of amides is 4. The van der Waals surface area contributed by atoms with Crippen LogP contribution in [0, 0.1) is 0 Å². The highest BCUT2D eigenvalue weighted by molar-refractivity contribution is 6.02. The Bertz CT molecular complexity index is 673. The maximum atomic E-state index is 12.0. The fourth-order valence-electron chi connectivity index (χ4n) is 2.47. The highest BCUT2D eigenvalue weighted by Gasteiger charge is 2.28. The van der Waals surface area contributed by atoms with Crippen LogP contribution in [-0.2, 0) is 19.8 Å². The summed E-state index contributed by atoms with van der Waals surface area (Å²) in [5, 5.41) is 0. The van der Waals surface area contributed by atoms with Gasteiger partial charge in [0.05, 0.1) is 0 Å². The van der Waals surface area contributed by atoms with E-state index in [1.165, 1.54) is 0 Å². The molecule has 7 nitrogen and oxygen atoms in total. The van der Waals surface area contributed by atoms with Crippen LogP contribution in [0.4, 0.5) is 0 Å². The lowest BCUT2D eigenvalue weighted by Gasteiger charge is -2.19. The van der Waals surface area contributed by atoms with E-state index in [-0.39, 0.29) is 43.0 Å². The SMILES string of the molecule is CC(C)(C)c1ccc(C(=O)NNC(=O)CCN2C(=O)CCC2=O)cc1. The predicted molar refractivity (Wildman–Crippen MR) is 91.3 cm³/mol. The number of hydrazine groups is 1. The average molecular weight is 345 g/mol. The summed E-state index contributed by atoms with van der Waals surface area (Å²) in [6.45, 7) is 6.27. The number of hydrogen-bond acceptors (Lipinski definition) is 4. The van der Waals surface area contributed by atoms with Crippen molar-refractivity contribution in [3.8, 4) is 0 Å². The van der Waals surface area contributed by atoms with Gasteiger partial charge in [-0.25, -0.2) is 0 Å². The molecule has 1 aromatic rings. The molecule has 0 spiro atoms. The van der Waals surface area contributed by atoms with Crippen LogP contribution < -0.4 is 10.9 Å². The molecule has 1 fully saturated rings. The van der Waals surface area contributed by atoms with Crippen molar-refractivity contribution < 1.29 is 19.2 Å². The Labute approximate surface area is 146 Å². The third-order valence-corrected chi connectivity index (χ3v) is 4.05. The number of rotatable bonds is 4. The molecule has 0 saturated carbocycles. The zero-order chi connectivity index (χ0) is 18.6. The van der Waals surface area contributed by atoms with Crippen molar-refractivity contribution in [3.63, 3.8) is 0 Å². The summed E-state index contributed by atoms with van der Waals surface area (Å²) in [4.78, 5) is 47.8. The molecule has 0 aromatic heterocycles. The van der Waals surface area contributed by atoms with Crippen LogP contribution in [0.2, 0.25) is 0 Å². The van der Waals surface area contributed by atoms with Crippen LogP contribution in [0.1, 0.15) is 56.0 Å². The van der Waals surface area contributed by atoms with Crippen LogP contribution in [-0.4, -0.2) is 35.1 Å². The van der Waals surface area contributed by atoms with Gasteiger partial charge in [-0.15, -0.1) is 0 Å². The van der Waals surface area contributed by atoms with Gasteiger partial charge in [-0.1, -0.05) is 32.9 Å². The first-order valence-corrected chi connectivity index (χ1v) is 8.21. The van der Waals surface area contributed by atoms with E-state index in [9.17, 15) is 19.2 Å². The zero-order valence-corrected chi connectivity index (χ0v) is 14.7. The Balaban J connectivity index is 1.80. The van der Waals surface area contributed by atoms with Gasteiger partial charge >= 0.3 is 0 Å². The van der Waals surface area contributed by atoms with E-state index in [2.05, 4.69) is 31.6 Å². The Hall–Kier alpha value is -2.70. The molecule has 4 amide bonds. The first-order chi connectivity index (χ1) is 11.7. The summed E-state index contributed by atoms with van der Waals surface area (Å²) in [6, 6.07) is 7.15. The maximum Gasteiger partial charge on any atom is 0.269 e. The van der Waals surface area contributed by atoms with Crippen molar-refractivity contribution in [1.29, 1.82) is 0 Å². The van der Waals surface area contributed by atoms with Crippen molar-refractivity contribution in [1.82, 2.24) is 15.8 Å². The molecule has 7 heteroatoms. The number of benzene rings is 1. The molecule has 0 bridgehead atoms. The first kappa shape index (κ1) is 18.6. The molecule has 0 radical (unpaired) electrons. The second kappa shape index (κ2) is 7.46. The molecule has 0 aliphatic carbocycles. The second-order valence-corrected chi connectivity index (χ2v) is 7.02. The van der Waals surface area contributed by atoms with E-state index >= 15 is 0 Å². The quantitative estimate of drug-likeness (QED) is 0.635. The largest absolute Gasteiger partial charge is 0.282 e. The number of likely N-dealkylation sites (tertiary alicyclic amines) is 1. The molecule has 1 aromatic carbocycles. The monoisotopic (exact) mass is 345 g/mol. The Morgan fingerprint density at radius 2 is 1.56 bits per heavy atom. The number of nitrogens with one attached hydrogen (secondary N) is 2. The average Bonchev–Trinajstić information content (AvgIpc) is 2.88. The summed E-state index contributed by atoms with van der Waals surface area (Å²) in [6.07, 6.45) is 0.338. The van der Waals surface area contributed by atoms with Crippen LogP contribution in [0.3, 0.4) is 0 Å². The Kier molecular flexibility index (Phi) is 5.56. The minimum absolute atomic E-state index is 0.00629. The van der Waals surface area contributed by atoms with Crippen LogP contribution in [0.5, 0.6) is 0 Å². The van der Waals surface area contributed by atoms with Gasteiger partial charge in [0.25, 0.3) is 5.91 Å². The summed E-state index contributed by atoms with van der Waals surface area (Å²) < 4.78 is 0. The minimum Gasteiger partial charge on any atom is -0.282 e. The highest BCUT2D eigenvalue weighted by Crippen LogP contribution is 2.22. The molecular weight excluding hydrogens is 322 g/mol. The van der Waals surface area contributed by atoms with E-state index in [1.54, 1.807) is 12.1 Å². The fraction of sp³-hybridized carbons (Fsp3) is 0.444. The van der Waals surface area contributed by atoms with Crippen LogP contribution in [0.15, 0.2) is 24.3 Å². The molecule has 0 atom stereocenters. The molecule has 1 saturated heterocycles. The number of imide groups is 1. The molecule has 2 N–H and O–H groups in total. The standard InChI is InChI=1S/C18H23N3O4/c1-18(2,3)13-6-4-12(5-7-13)17(25)20-19-14(22)10-11-21-15(23)8-9-16(21)24/h4-7H,8-11H2,1-3H3,(H,19,22)(H,20,25). The van der Waals surface area contributed by atoms with Gasteiger partial charge in [-0.3, -0.25) is 34.9 Å². The van der Waals surface area contributed by atoms with Gasteiger partial charge in [0, 0.05) is 31.4 Å². The van der Waals surface area contributed by atoms with Crippen LogP contribution in [0.25, 0.3) is 0 Å². The van der Waals surface area contributed by atoms with E-state index < -0.39 is 11.8 Å². The number of carbonyl (C=O) groups excluding carboxylic acids is 4. The lowest BCUT2D eigenvalue weighted by molar-refractivity contribution is -0.138. The minimum atomic E-state index is -0.466. The van der Waals surface area contributed by atoms with E-state index in [1.807, 2.05) is 12.1 Å². The molecule has 0 unspecified atom stereocenters. The third kappa shape index (κ3) is 4.89. The van der Waals surface area contributed by atoms with Crippen molar-refractivity contribution in [2.45, 2.75) is 45.4 Å². The normalized spacial score (nSPS) is 14.6. The summed E-state index contributed by atoms with van der Waals surface area (Å²) in [5.41, 5.74) is 6.15. The summed E-state index contributed by atoms with van der Waals surface area (Å²) in [5.74, 6) is -1.42. The van der Waals surface area contributed by atoms with Gasteiger partial charge < -0.3 is 0 Å². The molecule has 1 aliphatic heterocycles. The molecule has 134 valence electrons.